The van der Waals surface area contributed by atoms with Crippen LogP contribution in [-0.4, -0.2) is 22.7 Å². The fraction of sp³-hybridized carbons (Fsp3) is 0.923. The van der Waals surface area contributed by atoms with Gasteiger partial charge in [-0.1, -0.05) is 0 Å². The number of nitrogens with one attached hydrogen (secondary N) is 2. The Balaban J connectivity index is 0.00000120. The first-order valence-electron chi connectivity index (χ1n) is 6.82. The van der Waals surface area contributed by atoms with Crippen molar-refractivity contribution in [3.63, 3.8) is 0 Å². The third-order valence-electron chi connectivity index (χ3n) is 4.96. The standard InChI is InChI=1S/C13H22N2O2.ClH/c1-8(12(16)17)14-15-13-5-9-2-10(6-13)4-11(3-9)7-13;/h8-11,14-15H,2-7H2,1H3,(H,16,17);1H. The average Bonchev–Trinajstić information content (AvgIpc) is 2.24. The second-order valence-corrected chi connectivity index (χ2v) is 6.53. The number of carbonyl (C=O) groups is 1. The third-order valence-corrected chi connectivity index (χ3v) is 4.96. The Morgan fingerprint density at radius 2 is 1.61 bits per heavy atom. The number of carboxylic acid groups (broad SMARTS) is 1. The number of halogens is 1. The number of aliphatic carboxylic acids is 1. The van der Waals surface area contributed by atoms with E-state index >= 15 is 0 Å². The number of hydrogen-bond acceptors (Lipinski definition) is 3. The van der Waals surface area contributed by atoms with Crippen LogP contribution < -0.4 is 10.9 Å². The van der Waals surface area contributed by atoms with Gasteiger partial charge in [-0.3, -0.25) is 10.2 Å². The quantitative estimate of drug-likeness (QED) is 0.686. The molecule has 0 aromatic rings. The second kappa shape index (κ2) is 4.99. The molecule has 0 aliphatic heterocycles. The van der Waals surface area contributed by atoms with Gasteiger partial charge in [0.15, 0.2) is 0 Å². The monoisotopic (exact) mass is 274 g/mol. The zero-order chi connectivity index (χ0) is 12.0. The van der Waals surface area contributed by atoms with Gasteiger partial charge in [-0.2, -0.15) is 0 Å². The van der Waals surface area contributed by atoms with Crippen LogP contribution in [0.2, 0.25) is 0 Å². The van der Waals surface area contributed by atoms with Crippen LogP contribution in [0.5, 0.6) is 0 Å². The zero-order valence-electron chi connectivity index (χ0n) is 10.8. The van der Waals surface area contributed by atoms with Crippen LogP contribution in [0.15, 0.2) is 0 Å². The summed E-state index contributed by atoms with van der Waals surface area (Å²) in [5.41, 5.74) is 6.56. The van der Waals surface area contributed by atoms with Crippen LogP contribution >= 0.6 is 12.4 Å². The number of rotatable bonds is 4. The van der Waals surface area contributed by atoms with Crippen LogP contribution in [0.3, 0.4) is 0 Å². The summed E-state index contributed by atoms with van der Waals surface area (Å²) in [6, 6.07) is -0.511. The molecule has 0 heterocycles. The molecule has 5 heteroatoms. The van der Waals surface area contributed by atoms with E-state index in [1.165, 1.54) is 38.5 Å². The van der Waals surface area contributed by atoms with Crippen LogP contribution in [0, 0.1) is 17.8 Å². The molecule has 1 atom stereocenters. The van der Waals surface area contributed by atoms with Crippen molar-refractivity contribution in [2.45, 2.75) is 57.0 Å². The minimum Gasteiger partial charge on any atom is -0.480 e. The average molecular weight is 275 g/mol. The van der Waals surface area contributed by atoms with Crippen molar-refractivity contribution >= 4 is 18.4 Å². The maximum atomic E-state index is 10.8. The topological polar surface area (TPSA) is 61.4 Å². The van der Waals surface area contributed by atoms with Crippen LogP contribution in [0.1, 0.15) is 45.4 Å². The van der Waals surface area contributed by atoms with E-state index in [1.54, 1.807) is 6.92 Å². The summed E-state index contributed by atoms with van der Waals surface area (Å²) < 4.78 is 0. The van der Waals surface area contributed by atoms with Gasteiger partial charge in [0, 0.05) is 5.54 Å². The molecule has 0 spiro atoms. The highest BCUT2D eigenvalue weighted by atomic mass is 35.5. The third kappa shape index (κ3) is 2.51. The molecule has 0 aromatic carbocycles. The molecule has 0 aromatic heterocycles. The van der Waals surface area contributed by atoms with E-state index in [2.05, 4.69) is 10.9 Å². The maximum Gasteiger partial charge on any atom is 0.321 e. The summed E-state index contributed by atoms with van der Waals surface area (Å²) in [5, 5.41) is 8.89. The van der Waals surface area contributed by atoms with Gasteiger partial charge < -0.3 is 5.11 Å². The highest BCUT2D eigenvalue weighted by molar-refractivity contribution is 5.85. The normalized spacial score (nSPS) is 42.4. The summed E-state index contributed by atoms with van der Waals surface area (Å²) in [7, 11) is 0. The molecule has 4 aliphatic rings. The van der Waals surface area contributed by atoms with Crippen molar-refractivity contribution in [2.24, 2.45) is 17.8 Å². The molecular formula is C13H23ClN2O2. The molecule has 0 amide bonds. The first-order valence-corrected chi connectivity index (χ1v) is 6.82. The SMILES string of the molecule is CC(NNC12CC3CC(CC(C3)C1)C2)C(=O)O.Cl. The highest BCUT2D eigenvalue weighted by Crippen LogP contribution is 2.55. The maximum absolute atomic E-state index is 10.8. The Kier molecular flexibility index (Phi) is 3.90. The lowest BCUT2D eigenvalue weighted by Crippen LogP contribution is -2.63. The van der Waals surface area contributed by atoms with Crippen molar-refractivity contribution in [1.29, 1.82) is 0 Å². The molecule has 1 unspecified atom stereocenters. The Morgan fingerprint density at radius 3 is 2.00 bits per heavy atom. The van der Waals surface area contributed by atoms with Crippen molar-refractivity contribution in [2.75, 3.05) is 0 Å². The minimum atomic E-state index is -0.790. The van der Waals surface area contributed by atoms with Gasteiger partial charge >= 0.3 is 5.97 Å². The lowest BCUT2D eigenvalue weighted by molar-refractivity contribution is -0.139. The van der Waals surface area contributed by atoms with Gasteiger partial charge in [-0.15, -0.1) is 12.4 Å². The van der Waals surface area contributed by atoms with Crippen LogP contribution in [0.4, 0.5) is 0 Å². The van der Waals surface area contributed by atoms with Crippen molar-refractivity contribution in [3.8, 4) is 0 Å². The molecule has 4 bridgehead atoms. The molecule has 18 heavy (non-hydrogen) atoms. The largest absolute Gasteiger partial charge is 0.480 e. The minimum absolute atomic E-state index is 0. The lowest BCUT2D eigenvalue weighted by Gasteiger charge is -2.57. The Labute approximate surface area is 114 Å². The van der Waals surface area contributed by atoms with Gasteiger partial charge in [0.1, 0.15) is 6.04 Å². The molecule has 4 rings (SSSR count). The lowest BCUT2D eigenvalue weighted by atomic mass is 9.53. The van der Waals surface area contributed by atoms with Gasteiger partial charge in [0.05, 0.1) is 0 Å². The van der Waals surface area contributed by atoms with Gasteiger partial charge in [0.25, 0.3) is 0 Å². The fourth-order valence-corrected chi connectivity index (χ4v) is 4.59. The van der Waals surface area contributed by atoms with E-state index < -0.39 is 12.0 Å². The van der Waals surface area contributed by atoms with E-state index in [0.29, 0.717) is 0 Å². The van der Waals surface area contributed by atoms with Crippen molar-refractivity contribution in [3.05, 3.63) is 0 Å². The number of hydrogen-bond donors (Lipinski definition) is 3. The van der Waals surface area contributed by atoms with Crippen LogP contribution in [0.25, 0.3) is 0 Å². The Hall–Kier alpha value is -0.320. The molecule has 104 valence electrons. The molecule has 0 saturated heterocycles. The fourth-order valence-electron chi connectivity index (χ4n) is 4.59. The molecule has 4 saturated carbocycles. The first kappa shape index (κ1) is 14.1. The second-order valence-electron chi connectivity index (χ2n) is 6.53. The summed E-state index contributed by atoms with van der Waals surface area (Å²) in [6.07, 6.45) is 7.94. The summed E-state index contributed by atoms with van der Waals surface area (Å²) in [4.78, 5) is 10.8. The zero-order valence-corrected chi connectivity index (χ0v) is 11.6. The Bertz CT molecular complexity index is 300. The summed E-state index contributed by atoms with van der Waals surface area (Å²) in [5.74, 6) is 1.87. The summed E-state index contributed by atoms with van der Waals surface area (Å²) in [6.45, 7) is 1.69. The van der Waals surface area contributed by atoms with Gasteiger partial charge in [-0.25, -0.2) is 5.43 Å². The van der Waals surface area contributed by atoms with E-state index in [-0.39, 0.29) is 17.9 Å². The molecule has 0 radical (unpaired) electrons. The molecular weight excluding hydrogens is 252 g/mol. The van der Waals surface area contributed by atoms with Crippen molar-refractivity contribution in [1.82, 2.24) is 10.9 Å². The number of carboxylic acids is 1. The van der Waals surface area contributed by atoms with Gasteiger partial charge in [0.2, 0.25) is 0 Å². The van der Waals surface area contributed by atoms with E-state index in [1.807, 2.05) is 0 Å². The van der Waals surface area contributed by atoms with E-state index in [0.717, 1.165) is 17.8 Å². The van der Waals surface area contributed by atoms with Crippen molar-refractivity contribution < 1.29 is 9.90 Å². The first-order chi connectivity index (χ1) is 8.06. The highest BCUT2D eigenvalue weighted by Gasteiger charge is 2.50. The van der Waals surface area contributed by atoms with E-state index in [9.17, 15) is 4.79 Å². The predicted molar refractivity (Wildman–Crippen MR) is 71.5 cm³/mol. The summed E-state index contributed by atoms with van der Waals surface area (Å²) >= 11 is 0. The Morgan fingerprint density at radius 1 is 1.17 bits per heavy atom. The number of hydrazine groups is 1. The molecule has 4 aliphatic carbocycles. The van der Waals surface area contributed by atoms with Gasteiger partial charge in [-0.05, 0) is 63.2 Å². The molecule has 4 fully saturated rings. The smallest absolute Gasteiger partial charge is 0.321 e. The molecule has 4 nitrogen and oxygen atoms in total. The molecule has 3 N–H and O–H groups in total. The predicted octanol–water partition coefficient (Wildman–Crippen LogP) is 1.94. The van der Waals surface area contributed by atoms with E-state index in [4.69, 9.17) is 5.11 Å². The van der Waals surface area contributed by atoms with Crippen LogP contribution in [-0.2, 0) is 4.79 Å².